The maximum atomic E-state index is 12.2. The fraction of sp³-hybridized carbons (Fsp3) is 0.450. The Labute approximate surface area is 159 Å². The van der Waals surface area contributed by atoms with E-state index < -0.39 is 0 Å². The molecule has 1 amide bonds. The Morgan fingerprint density at radius 2 is 1.96 bits per heavy atom. The van der Waals surface area contributed by atoms with Gasteiger partial charge in [-0.1, -0.05) is 37.2 Å². The lowest BCUT2D eigenvalue weighted by molar-refractivity contribution is -0.113. The number of benzene rings is 1. The molecule has 0 unspecified atom stereocenters. The molecule has 1 aliphatic rings. The minimum absolute atomic E-state index is 0.0357. The summed E-state index contributed by atoms with van der Waals surface area (Å²) < 4.78 is 0. The van der Waals surface area contributed by atoms with Crippen LogP contribution in [-0.4, -0.2) is 34.7 Å². The highest BCUT2D eigenvalue weighted by atomic mass is 32.2. The third kappa shape index (κ3) is 5.46. The average molecular weight is 371 g/mol. The fourth-order valence-electron chi connectivity index (χ4n) is 2.99. The highest BCUT2D eigenvalue weighted by Gasteiger charge is 2.14. The third-order valence-corrected chi connectivity index (χ3v) is 5.30. The van der Waals surface area contributed by atoms with Gasteiger partial charge in [0.25, 0.3) is 0 Å². The summed E-state index contributed by atoms with van der Waals surface area (Å²) in [6, 6.07) is 10.0. The van der Waals surface area contributed by atoms with E-state index in [1.165, 1.54) is 43.0 Å². The Hall–Kier alpha value is -2.08. The molecule has 0 radical (unpaired) electrons. The summed E-state index contributed by atoms with van der Waals surface area (Å²) >= 11 is 1.37. The van der Waals surface area contributed by atoms with Gasteiger partial charge in [0.05, 0.1) is 5.75 Å². The van der Waals surface area contributed by atoms with Gasteiger partial charge in [0.1, 0.15) is 5.82 Å². The van der Waals surface area contributed by atoms with Gasteiger partial charge in [-0.15, -0.1) is 0 Å². The topological polar surface area (TPSA) is 58.1 Å². The molecule has 1 saturated heterocycles. The van der Waals surface area contributed by atoms with E-state index in [1.807, 2.05) is 18.2 Å². The Morgan fingerprint density at radius 1 is 1.19 bits per heavy atom. The summed E-state index contributed by atoms with van der Waals surface area (Å²) in [5, 5.41) is 3.59. The molecule has 26 heavy (non-hydrogen) atoms. The minimum atomic E-state index is -0.0357. The molecule has 2 heterocycles. The Balaban J connectivity index is 1.48. The van der Waals surface area contributed by atoms with Crippen molar-refractivity contribution in [1.82, 2.24) is 9.97 Å². The van der Waals surface area contributed by atoms with Gasteiger partial charge in [-0.3, -0.25) is 4.79 Å². The van der Waals surface area contributed by atoms with Crippen LogP contribution < -0.4 is 10.2 Å². The van der Waals surface area contributed by atoms with Crippen LogP contribution in [0, 0.1) is 0 Å². The zero-order valence-electron chi connectivity index (χ0n) is 15.3. The first-order chi connectivity index (χ1) is 12.7. The van der Waals surface area contributed by atoms with E-state index in [9.17, 15) is 4.79 Å². The normalized spacial score (nSPS) is 13.8. The van der Waals surface area contributed by atoms with Gasteiger partial charge in [0, 0.05) is 25.0 Å². The maximum absolute atomic E-state index is 12.2. The molecule has 5 nitrogen and oxygen atoms in total. The van der Waals surface area contributed by atoms with Gasteiger partial charge in [0.2, 0.25) is 5.91 Å². The average Bonchev–Trinajstić information content (AvgIpc) is 3.21. The number of thioether (sulfide) groups is 1. The van der Waals surface area contributed by atoms with Crippen LogP contribution in [0.15, 0.2) is 41.7 Å². The quantitative estimate of drug-likeness (QED) is 0.559. The van der Waals surface area contributed by atoms with E-state index in [2.05, 4.69) is 39.2 Å². The molecule has 6 heteroatoms. The maximum Gasteiger partial charge on any atom is 0.234 e. The molecule has 0 spiro atoms. The van der Waals surface area contributed by atoms with Gasteiger partial charge in [0.15, 0.2) is 5.16 Å². The van der Waals surface area contributed by atoms with Crippen molar-refractivity contribution in [2.45, 2.75) is 44.2 Å². The van der Waals surface area contributed by atoms with Crippen molar-refractivity contribution < 1.29 is 4.79 Å². The minimum Gasteiger partial charge on any atom is -0.356 e. The third-order valence-electron chi connectivity index (χ3n) is 4.44. The summed E-state index contributed by atoms with van der Waals surface area (Å²) in [5.74, 6) is 1.23. The SMILES string of the molecule is CCCCc1ccc(NC(=O)CSc2nccc(N3CCCC3)n2)cc1. The summed E-state index contributed by atoms with van der Waals surface area (Å²) in [7, 11) is 0. The van der Waals surface area contributed by atoms with Crippen molar-refractivity contribution in [2.24, 2.45) is 0 Å². The zero-order valence-corrected chi connectivity index (χ0v) is 16.1. The zero-order chi connectivity index (χ0) is 18.2. The summed E-state index contributed by atoms with van der Waals surface area (Å²) in [5.41, 5.74) is 2.15. The second-order valence-electron chi connectivity index (χ2n) is 6.53. The van der Waals surface area contributed by atoms with Crippen molar-refractivity contribution in [3.63, 3.8) is 0 Å². The number of aryl methyl sites for hydroxylation is 1. The predicted octanol–water partition coefficient (Wildman–Crippen LogP) is 4.15. The number of carbonyl (C=O) groups is 1. The molecular weight excluding hydrogens is 344 g/mol. The number of hydrogen-bond acceptors (Lipinski definition) is 5. The number of anilines is 2. The van der Waals surface area contributed by atoms with Crippen LogP contribution in [-0.2, 0) is 11.2 Å². The fourth-order valence-corrected chi connectivity index (χ4v) is 3.61. The van der Waals surface area contributed by atoms with Crippen molar-refractivity contribution in [3.8, 4) is 0 Å². The largest absolute Gasteiger partial charge is 0.356 e. The number of carbonyl (C=O) groups excluding carboxylic acids is 1. The number of unbranched alkanes of at least 4 members (excludes halogenated alkanes) is 1. The van der Waals surface area contributed by atoms with Crippen LogP contribution in [0.4, 0.5) is 11.5 Å². The number of nitrogens with one attached hydrogen (secondary N) is 1. The number of amides is 1. The highest BCUT2D eigenvalue weighted by Crippen LogP contribution is 2.21. The molecule has 0 atom stereocenters. The molecule has 1 N–H and O–H groups in total. The Kier molecular flexibility index (Phi) is 6.89. The summed E-state index contributed by atoms with van der Waals surface area (Å²) in [4.78, 5) is 23.3. The van der Waals surface area contributed by atoms with Gasteiger partial charge in [-0.2, -0.15) is 0 Å². The van der Waals surface area contributed by atoms with Gasteiger partial charge >= 0.3 is 0 Å². The van der Waals surface area contributed by atoms with Gasteiger partial charge < -0.3 is 10.2 Å². The van der Waals surface area contributed by atoms with Crippen LogP contribution in [0.5, 0.6) is 0 Å². The van der Waals surface area contributed by atoms with E-state index in [4.69, 9.17) is 0 Å². The van der Waals surface area contributed by atoms with E-state index in [-0.39, 0.29) is 5.91 Å². The number of aromatic nitrogens is 2. The van der Waals surface area contributed by atoms with Crippen LogP contribution in [0.25, 0.3) is 0 Å². The Bertz CT molecular complexity index is 714. The molecule has 2 aromatic rings. The van der Waals surface area contributed by atoms with E-state index in [0.29, 0.717) is 10.9 Å². The molecule has 0 saturated carbocycles. The predicted molar refractivity (Wildman–Crippen MR) is 108 cm³/mol. The van der Waals surface area contributed by atoms with Crippen molar-refractivity contribution in [1.29, 1.82) is 0 Å². The summed E-state index contributed by atoms with van der Waals surface area (Å²) in [6.45, 7) is 4.29. The number of hydrogen-bond donors (Lipinski definition) is 1. The lowest BCUT2D eigenvalue weighted by atomic mass is 10.1. The molecule has 1 aromatic heterocycles. The first-order valence-electron chi connectivity index (χ1n) is 9.34. The second kappa shape index (κ2) is 9.57. The van der Waals surface area contributed by atoms with Gasteiger partial charge in [-0.25, -0.2) is 9.97 Å². The van der Waals surface area contributed by atoms with Crippen LogP contribution in [0.2, 0.25) is 0 Å². The van der Waals surface area contributed by atoms with Crippen molar-refractivity contribution in [3.05, 3.63) is 42.1 Å². The Morgan fingerprint density at radius 3 is 2.69 bits per heavy atom. The van der Waals surface area contributed by atoms with Crippen LogP contribution >= 0.6 is 11.8 Å². The van der Waals surface area contributed by atoms with Crippen LogP contribution in [0.1, 0.15) is 38.2 Å². The lowest BCUT2D eigenvalue weighted by Gasteiger charge is -2.16. The monoisotopic (exact) mass is 370 g/mol. The van der Waals surface area contributed by atoms with Crippen LogP contribution in [0.3, 0.4) is 0 Å². The number of nitrogens with zero attached hydrogens (tertiary/aromatic N) is 3. The van der Waals surface area contributed by atoms with E-state index >= 15 is 0 Å². The van der Waals surface area contributed by atoms with Crippen molar-refractivity contribution in [2.75, 3.05) is 29.1 Å². The number of rotatable bonds is 8. The molecule has 1 fully saturated rings. The second-order valence-corrected chi connectivity index (χ2v) is 7.47. The van der Waals surface area contributed by atoms with E-state index in [1.54, 1.807) is 6.20 Å². The molecule has 1 aromatic carbocycles. The molecule has 0 aliphatic carbocycles. The molecule has 1 aliphatic heterocycles. The smallest absolute Gasteiger partial charge is 0.234 e. The highest BCUT2D eigenvalue weighted by molar-refractivity contribution is 7.99. The molecule has 3 rings (SSSR count). The molecular formula is C20H26N4OS. The first-order valence-corrected chi connectivity index (χ1v) is 10.3. The first kappa shape index (κ1) is 18.7. The van der Waals surface area contributed by atoms with Gasteiger partial charge in [-0.05, 0) is 49.4 Å². The lowest BCUT2D eigenvalue weighted by Crippen LogP contribution is -2.19. The van der Waals surface area contributed by atoms with Crippen molar-refractivity contribution >= 4 is 29.2 Å². The standard InChI is InChI=1S/C20H26N4OS/c1-2-3-6-16-7-9-17(10-8-16)22-19(25)15-26-20-21-12-11-18(23-20)24-13-4-5-14-24/h7-12H,2-6,13-15H2,1H3,(H,22,25). The molecule has 0 bridgehead atoms. The summed E-state index contributed by atoms with van der Waals surface area (Å²) in [6.07, 6.45) is 7.68. The van der Waals surface area contributed by atoms with E-state index in [0.717, 1.165) is 31.0 Å². The molecule has 138 valence electrons.